The molecule has 0 aliphatic heterocycles. The zero-order valence-corrected chi connectivity index (χ0v) is 18.0. The van der Waals surface area contributed by atoms with E-state index in [4.69, 9.17) is 5.11 Å². The highest BCUT2D eigenvalue weighted by atomic mass is 16.6. The Balaban J connectivity index is 0.000000569. The Morgan fingerprint density at radius 2 is 1.26 bits per heavy atom. The molecule has 0 unspecified atom stereocenters. The number of phenolic OH excluding ortho intramolecular Hbond substituents is 1. The van der Waals surface area contributed by atoms with Gasteiger partial charge in [0.2, 0.25) is 0 Å². The SMILES string of the molecule is CCCC[N+](CCCC)(CCCC)CCCC.O=[N+]([O-])c1cccc(O)c1. The number of hydrogen-bond donors (Lipinski definition) is 1. The fraction of sp³-hybridized carbons (Fsp3) is 0.727. The van der Waals surface area contributed by atoms with Crippen LogP contribution in [-0.4, -0.2) is 40.7 Å². The first kappa shape index (κ1) is 25.4. The number of aromatic hydroxyl groups is 1. The van der Waals surface area contributed by atoms with Crippen LogP contribution >= 0.6 is 0 Å². The van der Waals surface area contributed by atoms with Gasteiger partial charge in [0.25, 0.3) is 5.69 Å². The lowest BCUT2D eigenvalue weighted by Crippen LogP contribution is -2.50. The minimum atomic E-state index is -0.556. The van der Waals surface area contributed by atoms with Crippen LogP contribution < -0.4 is 0 Å². The highest BCUT2D eigenvalue weighted by molar-refractivity contribution is 5.36. The zero-order valence-electron chi connectivity index (χ0n) is 18.0. The third-order valence-electron chi connectivity index (χ3n) is 4.98. The second-order valence-electron chi connectivity index (χ2n) is 7.43. The van der Waals surface area contributed by atoms with Gasteiger partial charge in [0.05, 0.1) is 37.2 Å². The van der Waals surface area contributed by atoms with Crippen molar-refractivity contribution in [3.63, 3.8) is 0 Å². The van der Waals surface area contributed by atoms with E-state index in [2.05, 4.69) is 27.7 Å². The van der Waals surface area contributed by atoms with Crippen molar-refractivity contribution in [2.45, 2.75) is 79.1 Å². The summed E-state index contributed by atoms with van der Waals surface area (Å²) in [5.74, 6) is -0.0887. The van der Waals surface area contributed by atoms with Gasteiger partial charge >= 0.3 is 0 Å². The van der Waals surface area contributed by atoms with Crippen molar-refractivity contribution in [3.8, 4) is 5.75 Å². The van der Waals surface area contributed by atoms with Crippen LogP contribution in [0.25, 0.3) is 0 Å². The van der Waals surface area contributed by atoms with Gasteiger partial charge < -0.3 is 9.59 Å². The molecular formula is C22H41N2O3+. The lowest BCUT2D eigenvalue weighted by atomic mass is 10.1. The standard InChI is InChI=1S/C16H36N.C6H5NO3/c1-5-9-13-17(14-10-6-2,15-11-7-3)16-12-8-4;8-6-3-1-2-5(4-6)7(9)10/h5-16H2,1-4H3;1-4,8H/q+1;. The van der Waals surface area contributed by atoms with E-state index in [1.54, 1.807) is 0 Å². The number of hydrogen-bond acceptors (Lipinski definition) is 3. The second kappa shape index (κ2) is 15.4. The average Bonchev–Trinajstić information content (AvgIpc) is 2.67. The summed E-state index contributed by atoms with van der Waals surface area (Å²) in [4.78, 5) is 9.49. The Kier molecular flexibility index (Phi) is 14.5. The van der Waals surface area contributed by atoms with Gasteiger partial charge in [0, 0.05) is 6.07 Å². The number of nitro benzene ring substituents is 1. The van der Waals surface area contributed by atoms with Gasteiger partial charge in [0.15, 0.2) is 0 Å². The first-order valence-electron chi connectivity index (χ1n) is 10.7. The van der Waals surface area contributed by atoms with Crippen LogP contribution in [0.2, 0.25) is 0 Å². The molecule has 0 fully saturated rings. The summed E-state index contributed by atoms with van der Waals surface area (Å²) in [6, 6.07) is 5.22. The molecule has 0 aliphatic rings. The predicted octanol–water partition coefficient (Wildman–Crippen LogP) is 6.30. The maximum atomic E-state index is 10.0. The van der Waals surface area contributed by atoms with Gasteiger partial charge in [-0.15, -0.1) is 0 Å². The molecule has 0 aromatic heterocycles. The molecule has 0 aliphatic carbocycles. The fourth-order valence-electron chi connectivity index (χ4n) is 3.25. The van der Waals surface area contributed by atoms with Crippen LogP contribution in [0.15, 0.2) is 24.3 Å². The molecule has 1 rings (SSSR count). The number of benzene rings is 1. The highest BCUT2D eigenvalue weighted by Gasteiger charge is 2.24. The average molecular weight is 382 g/mol. The van der Waals surface area contributed by atoms with Gasteiger partial charge in [0.1, 0.15) is 5.75 Å². The third kappa shape index (κ3) is 11.6. The molecule has 156 valence electrons. The summed E-state index contributed by atoms with van der Waals surface area (Å²) in [5, 5.41) is 18.8. The number of unbranched alkanes of at least 4 members (excludes halogenated alkanes) is 4. The fourth-order valence-corrected chi connectivity index (χ4v) is 3.25. The molecule has 0 spiro atoms. The molecule has 0 saturated heterocycles. The van der Waals surface area contributed by atoms with Crippen molar-refractivity contribution in [3.05, 3.63) is 34.4 Å². The predicted molar refractivity (Wildman–Crippen MR) is 114 cm³/mol. The van der Waals surface area contributed by atoms with Crippen molar-refractivity contribution in [1.82, 2.24) is 0 Å². The van der Waals surface area contributed by atoms with Gasteiger partial charge in [-0.25, -0.2) is 0 Å². The largest absolute Gasteiger partial charge is 0.508 e. The van der Waals surface area contributed by atoms with Crippen molar-refractivity contribution < 1.29 is 14.5 Å². The summed E-state index contributed by atoms with van der Waals surface area (Å²) in [5.41, 5.74) is -0.0972. The van der Waals surface area contributed by atoms with Crippen molar-refractivity contribution in [2.24, 2.45) is 0 Å². The van der Waals surface area contributed by atoms with E-state index < -0.39 is 4.92 Å². The van der Waals surface area contributed by atoms with E-state index >= 15 is 0 Å². The number of nitro groups is 1. The third-order valence-corrected chi connectivity index (χ3v) is 4.98. The second-order valence-corrected chi connectivity index (χ2v) is 7.43. The topological polar surface area (TPSA) is 63.4 Å². The number of nitrogens with zero attached hydrogens (tertiary/aromatic N) is 2. The number of rotatable bonds is 13. The van der Waals surface area contributed by atoms with E-state index in [1.807, 2.05) is 0 Å². The summed E-state index contributed by atoms with van der Waals surface area (Å²) in [7, 11) is 0. The smallest absolute Gasteiger partial charge is 0.273 e. The quantitative estimate of drug-likeness (QED) is 0.247. The molecule has 1 aromatic rings. The monoisotopic (exact) mass is 381 g/mol. The molecule has 0 radical (unpaired) electrons. The molecular weight excluding hydrogens is 340 g/mol. The van der Waals surface area contributed by atoms with E-state index in [9.17, 15) is 10.1 Å². The molecule has 5 nitrogen and oxygen atoms in total. The van der Waals surface area contributed by atoms with E-state index in [0.717, 1.165) is 6.07 Å². The van der Waals surface area contributed by atoms with Crippen LogP contribution in [0, 0.1) is 10.1 Å². The molecule has 0 saturated carbocycles. The molecule has 5 heteroatoms. The van der Waals surface area contributed by atoms with E-state index in [-0.39, 0.29) is 11.4 Å². The van der Waals surface area contributed by atoms with E-state index in [1.165, 1.54) is 100 Å². The van der Waals surface area contributed by atoms with Crippen LogP contribution in [0.5, 0.6) is 5.75 Å². The van der Waals surface area contributed by atoms with Crippen LogP contribution in [0.3, 0.4) is 0 Å². The molecule has 0 heterocycles. The maximum absolute atomic E-state index is 10.0. The summed E-state index contributed by atoms with van der Waals surface area (Å²) >= 11 is 0. The van der Waals surface area contributed by atoms with Crippen LogP contribution in [-0.2, 0) is 0 Å². The lowest BCUT2D eigenvalue weighted by molar-refractivity contribution is -0.929. The van der Waals surface area contributed by atoms with Crippen molar-refractivity contribution in [2.75, 3.05) is 26.2 Å². The number of phenols is 1. The van der Waals surface area contributed by atoms with Crippen molar-refractivity contribution in [1.29, 1.82) is 0 Å². The lowest BCUT2D eigenvalue weighted by Gasteiger charge is -2.39. The van der Waals surface area contributed by atoms with Crippen molar-refractivity contribution >= 4 is 5.69 Å². The first-order valence-corrected chi connectivity index (χ1v) is 10.7. The Bertz CT molecular complexity index is 469. The zero-order chi connectivity index (χ0) is 20.5. The number of quaternary nitrogens is 1. The molecule has 0 atom stereocenters. The molecule has 1 N–H and O–H groups in total. The van der Waals surface area contributed by atoms with E-state index in [0.29, 0.717) is 0 Å². The Morgan fingerprint density at radius 1 is 0.852 bits per heavy atom. The summed E-state index contributed by atoms with van der Waals surface area (Å²) in [6.45, 7) is 15.0. The minimum Gasteiger partial charge on any atom is -0.508 e. The molecule has 1 aromatic carbocycles. The van der Waals surface area contributed by atoms with Gasteiger partial charge in [-0.3, -0.25) is 10.1 Å². The molecule has 0 amide bonds. The van der Waals surface area contributed by atoms with Crippen LogP contribution in [0.4, 0.5) is 5.69 Å². The first-order chi connectivity index (χ1) is 12.9. The van der Waals surface area contributed by atoms with Gasteiger partial charge in [-0.2, -0.15) is 0 Å². The normalized spacial score (nSPS) is 11.0. The Labute approximate surface area is 166 Å². The van der Waals surface area contributed by atoms with Crippen LogP contribution in [0.1, 0.15) is 79.1 Å². The molecule has 0 bridgehead atoms. The maximum Gasteiger partial charge on any atom is 0.273 e. The Hall–Kier alpha value is -1.62. The Morgan fingerprint density at radius 3 is 1.52 bits per heavy atom. The number of non-ortho nitro benzene ring substituents is 1. The van der Waals surface area contributed by atoms with Gasteiger partial charge in [-0.05, 0) is 31.7 Å². The van der Waals surface area contributed by atoms with Gasteiger partial charge in [-0.1, -0.05) is 59.4 Å². The summed E-state index contributed by atoms with van der Waals surface area (Å²) in [6.07, 6.45) is 11.1. The summed E-state index contributed by atoms with van der Waals surface area (Å²) < 4.78 is 1.42. The minimum absolute atomic E-state index is 0.0887. The molecule has 27 heavy (non-hydrogen) atoms. The highest BCUT2D eigenvalue weighted by Crippen LogP contribution is 2.17.